The highest BCUT2D eigenvalue weighted by Crippen LogP contribution is 2.24. The van der Waals surface area contributed by atoms with Crippen LogP contribution in [0.4, 0.5) is 0 Å². The van der Waals surface area contributed by atoms with Crippen molar-refractivity contribution >= 4 is 0 Å². The van der Waals surface area contributed by atoms with Gasteiger partial charge in [0.2, 0.25) is 0 Å². The minimum Gasteiger partial charge on any atom is -0.303 e. The molecule has 0 heterocycles. The highest BCUT2D eigenvalue weighted by atomic mass is 15.2. The summed E-state index contributed by atoms with van der Waals surface area (Å²) < 4.78 is 0. The van der Waals surface area contributed by atoms with Gasteiger partial charge >= 0.3 is 0 Å². The molecule has 0 amide bonds. The Bertz CT molecular complexity index is 467. The lowest BCUT2D eigenvalue weighted by Crippen LogP contribution is -2.52. The van der Waals surface area contributed by atoms with Gasteiger partial charge in [-0.2, -0.15) is 5.26 Å². The van der Waals surface area contributed by atoms with Gasteiger partial charge in [-0.25, -0.2) is 0 Å². The summed E-state index contributed by atoms with van der Waals surface area (Å²) >= 11 is 0. The number of nitriles is 1. The number of benzene rings is 1. The number of hydrogen-bond donors (Lipinski definition) is 1. The van der Waals surface area contributed by atoms with Gasteiger partial charge in [-0.05, 0) is 31.9 Å². The molecular weight excluding hydrogens is 258 g/mol. The molecule has 0 radical (unpaired) electrons. The molecule has 0 aromatic heterocycles. The zero-order chi connectivity index (χ0) is 16.1. The molecule has 0 saturated carbocycles. The Morgan fingerprint density at radius 2 is 1.71 bits per heavy atom. The van der Waals surface area contributed by atoms with E-state index in [-0.39, 0.29) is 11.5 Å². The molecule has 3 heteroatoms. The summed E-state index contributed by atoms with van der Waals surface area (Å²) in [5.74, 6) is 0. The predicted molar refractivity (Wildman–Crippen MR) is 89.0 cm³/mol. The first-order valence-electron chi connectivity index (χ1n) is 7.61. The maximum Gasteiger partial charge on any atom is 0.145 e. The summed E-state index contributed by atoms with van der Waals surface area (Å²) in [6.07, 6.45) is 0. The summed E-state index contributed by atoms with van der Waals surface area (Å²) in [5, 5.41) is 13.4. The third-order valence-electron chi connectivity index (χ3n) is 3.24. The zero-order valence-electron chi connectivity index (χ0n) is 14.3. The molecule has 0 saturated heterocycles. The molecule has 0 fully saturated rings. The van der Waals surface area contributed by atoms with Gasteiger partial charge in [-0.15, -0.1) is 0 Å². The van der Waals surface area contributed by atoms with Crippen LogP contribution < -0.4 is 5.32 Å². The number of nitrogens with zero attached hydrogens (tertiary/aromatic N) is 2. The van der Waals surface area contributed by atoms with Gasteiger partial charge < -0.3 is 4.90 Å². The van der Waals surface area contributed by atoms with Gasteiger partial charge in [0.1, 0.15) is 5.54 Å². The molecule has 1 unspecified atom stereocenters. The van der Waals surface area contributed by atoms with Gasteiger partial charge in [0.05, 0.1) is 6.07 Å². The van der Waals surface area contributed by atoms with E-state index in [4.69, 9.17) is 0 Å². The van der Waals surface area contributed by atoms with E-state index in [1.54, 1.807) is 0 Å². The van der Waals surface area contributed by atoms with Gasteiger partial charge in [-0.3, -0.25) is 5.32 Å². The Labute approximate surface area is 130 Å². The van der Waals surface area contributed by atoms with Gasteiger partial charge in [0.15, 0.2) is 0 Å². The molecule has 0 aliphatic rings. The monoisotopic (exact) mass is 287 g/mol. The van der Waals surface area contributed by atoms with Gasteiger partial charge in [0.25, 0.3) is 0 Å². The number of rotatable bonds is 6. The first-order chi connectivity index (χ1) is 9.68. The molecule has 1 N–H and O–H groups in total. The quantitative estimate of drug-likeness (QED) is 0.872. The van der Waals surface area contributed by atoms with Crippen LogP contribution in [0.5, 0.6) is 0 Å². The van der Waals surface area contributed by atoms with E-state index in [1.165, 1.54) is 0 Å². The number of likely N-dealkylation sites (N-methyl/N-ethyl adjacent to an activating group) is 1. The third-order valence-corrected chi connectivity index (χ3v) is 3.24. The van der Waals surface area contributed by atoms with E-state index >= 15 is 0 Å². The summed E-state index contributed by atoms with van der Waals surface area (Å²) in [6, 6.07) is 12.8. The van der Waals surface area contributed by atoms with Crippen molar-refractivity contribution in [3.63, 3.8) is 0 Å². The Kier molecular flexibility index (Phi) is 5.95. The van der Waals surface area contributed by atoms with Crippen molar-refractivity contribution in [3.8, 4) is 6.07 Å². The molecule has 1 aromatic rings. The molecule has 0 aliphatic carbocycles. The fourth-order valence-electron chi connectivity index (χ4n) is 2.84. The van der Waals surface area contributed by atoms with Crippen LogP contribution in [0, 0.1) is 16.7 Å². The fourth-order valence-corrected chi connectivity index (χ4v) is 2.84. The molecule has 21 heavy (non-hydrogen) atoms. The van der Waals surface area contributed by atoms with Crippen LogP contribution in [0.1, 0.15) is 40.2 Å². The lowest BCUT2D eigenvalue weighted by Gasteiger charge is -2.36. The minimum absolute atomic E-state index is 0.213. The molecule has 3 nitrogen and oxygen atoms in total. The van der Waals surface area contributed by atoms with Gasteiger partial charge in [-0.1, -0.05) is 51.1 Å². The Morgan fingerprint density at radius 3 is 2.14 bits per heavy atom. The van der Waals surface area contributed by atoms with Crippen LogP contribution in [0.3, 0.4) is 0 Å². The van der Waals surface area contributed by atoms with Crippen LogP contribution >= 0.6 is 0 Å². The van der Waals surface area contributed by atoms with Crippen molar-refractivity contribution in [1.82, 2.24) is 10.2 Å². The Hall–Kier alpha value is -1.37. The first kappa shape index (κ1) is 17.7. The molecule has 0 spiro atoms. The van der Waals surface area contributed by atoms with E-state index in [1.807, 2.05) is 30.3 Å². The Balaban J connectivity index is 3.06. The highest BCUT2D eigenvalue weighted by molar-refractivity contribution is 5.32. The average molecular weight is 287 g/mol. The lowest BCUT2D eigenvalue weighted by atomic mass is 9.88. The molecule has 1 rings (SSSR count). The maximum absolute atomic E-state index is 9.89. The second kappa shape index (κ2) is 7.06. The average Bonchev–Trinajstić information content (AvgIpc) is 2.36. The number of nitrogens with one attached hydrogen (secondary N) is 1. The van der Waals surface area contributed by atoms with Crippen LogP contribution in [0.2, 0.25) is 0 Å². The predicted octanol–water partition coefficient (Wildman–Crippen LogP) is 3.38. The second-order valence-corrected chi connectivity index (χ2v) is 7.42. The molecule has 0 aliphatic heterocycles. The van der Waals surface area contributed by atoms with Crippen molar-refractivity contribution in [2.75, 3.05) is 20.1 Å². The SMILES string of the molecule is CC(C)NC(C#N)(CN(C)CC(C)(C)C)c1ccccc1. The van der Waals surface area contributed by atoms with Crippen LogP contribution in [-0.2, 0) is 5.54 Å². The number of hydrogen-bond acceptors (Lipinski definition) is 3. The Morgan fingerprint density at radius 1 is 1.14 bits per heavy atom. The van der Waals surface area contributed by atoms with E-state index < -0.39 is 5.54 Å². The lowest BCUT2D eigenvalue weighted by molar-refractivity contribution is 0.182. The molecule has 0 bridgehead atoms. The van der Waals surface area contributed by atoms with E-state index in [2.05, 4.69) is 58.0 Å². The van der Waals surface area contributed by atoms with E-state index in [0.717, 1.165) is 12.1 Å². The normalized spacial score (nSPS) is 15.0. The van der Waals surface area contributed by atoms with Crippen LogP contribution in [0.15, 0.2) is 30.3 Å². The maximum atomic E-state index is 9.89. The van der Waals surface area contributed by atoms with Crippen molar-refractivity contribution in [2.45, 2.75) is 46.2 Å². The fraction of sp³-hybridized carbons (Fsp3) is 0.611. The molecule has 116 valence electrons. The second-order valence-electron chi connectivity index (χ2n) is 7.42. The van der Waals surface area contributed by atoms with Crippen molar-refractivity contribution in [3.05, 3.63) is 35.9 Å². The standard InChI is InChI=1S/C18H29N3/c1-15(2)20-18(12-19,16-10-8-7-9-11-16)14-21(6)13-17(3,4)5/h7-11,15,20H,13-14H2,1-6H3. The smallest absolute Gasteiger partial charge is 0.145 e. The van der Waals surface area contributed by atoms with Crippen LogP contribution in [0.25, 0.3) is 0 Å². The summed E-state index contributed by atoms with van der Waals surface area (Å²) in [4.78, 5) is 2.24. The summed E-state index contributed by atoms with van der Waals surface area (Å²) in [6.45, 7) is 12.4. The molecule has 1 aromatic carbocycles. The first-order valence-corrected chi connectivity index (χ1v) is 7.61. The van der Waals surface area contributed by atoms with E-state index in [9.17, 15) is 5.26 Å². The highest BCUT2D eigenvalue weighted by Gasteiger charge is 2.34. The zero-order valence-corrected chi connectivity index (χ0v) is 14.3. The minimum atomic E-state index is -0.671. The van der Waals surface area contributed by atoms with Crippen molar-refractivity contribution in [2.24, 2.45) is 5.41 Å². The largest absolute Gasteiger partial charge is 0.303 e. The third kappa shape index (κ3) is 5.49. The van der Waals surface area contributed by atoms with Gasteiger partial charge in [0, 0.05) is 19.1 Å². The van der Waals surface area contributed by atoms with E-state index in [0.29, 0.717) is 6.54 Å². The van der Waals surface area contributed by atoms with Crippen molar-refractivity contribution < 1.29 is 0 Å². The summed E-state index contributed by atoms with van der Waals surface area (Å²) in [5.41, 5.74) is 0.571. The topological polar surface area (TPSA) is 39.1 Å². The summed E-state index contributed by atoms with van der Waals surface area (Å²) in [7, 11) is 2.09. The van der Waals surface area contributed by atoms with Crippen LogP contribution in [-0.4, -0.2) is 31.1 Å². The molecule has 1 atom stereocenters. The van der Waals surface area contributed by atoms with Crippen molar-refractivity contribution in [1.29, 1.82) is 5.26 Å². The molecular formula is C18H29N3.